The van der Waals surface area contributed by atoms with Gasteiger partial charge in [0.15, 0.2) is 0 Å². The zero-order chi connectivity index (χ0) is 14.3. The van der Waals surface area contributed by atoms with Crippen LogP contribution in [0.4, 0.5) is 0 Å². The summed E-state index contributed by atoms with van der Waals surface area (Å²) < 4.78 is 4.79. The van der Waals surface area contributed by atoms with Crippen molar-refractivity contribution in [3.63, 3.8) is 0 Å². The number of hydrogen-bond acceptors (Lipinski definition) is 3. The molecule has 0 N–H and O–H groups in total. The van der Waals surface area contributed by atoms with Crippen LogP contribution in [0.3, 0.4) is 0 Å². The van der Waals surface area contributed by atoms with Crippen LogP contribution < -0.4 is 0 Å². The average Bonchev–Trinajstić information content (AvgIpc) is 2.38. The monoisotopic (exact) mass is 384 g/mol. The van der Waals surface area contributed by atoms with Crippen molar-refractivity contribution >= 4 is 11.9 Å². The van der Waals surface area contributed by atoms with Crippen molar-refractivity contribution in [2.24, 2.45) is 0 Å². The summed E-state index contributed by atoms with van der Waals surface area (Å²) in [5.41, 5.74) is 0. The first-order valence-electron chi connectivity index (χ1n) is 7.94. The molecule has 0 saturated heterocycles. The minimum Gasteiger partial charge on any atom is -0.393 e. The van der Waals surface area contributed by atoms with E-state index in [2.05, 4.69) is 13.8 Å². The summed E-state index contributed by atoms with van der Waals surface area (Å²) in [6.45, 7) is 4.32. The molecule has 0 rings (SSSR count). The van der Waals surface area contributed by atoms with Gasteiger partial charge in [-0.15, -0.1) is 0 Å². The zero-order valence-electron chi connectivity index (χ0n) is 13.4. The predicted molar refractivity (Wildman–Crippen MR) is 77.9 cm³/mol. The van der Waals surface area contributed by atoms with Gasteiger partial charge in [-0.25, -0.2) is 0 Å². The van der Waals surface area contributed by atoms with E-state index in [1.807, 2.05) is 0 Å². The van der Waals surface area contributed by atoms with Crippen molar-refractivity contribution in [2.75, 3.05) is 0 Å². The maximum Gasteiger partial charge on any atom is 0.313 e. The van der Waals surface area contributed by atoms with Crippen molar-refractivity contribution in [3.8, 4) is 0 Å². The first kappa shape index (κ1) is 26.1. The number of carbonyl (C=O) groups excluding carboxylic acids is 2. The molecule has 128 valence electrons. The fourth-order valence-corrected chi connectivity index (χ4v) is 1.97. The van der Waals surface area contributed by atoms with Crippen LogP contribution in [0.15, 0.2) is 0 Å². The second-order valence-corrected chi connectivity index (χ2v) is 5.17. The van der Waals surface area contributed by atoms with Gasteiger partial charge in [-0.1, -0.05) is 65.2 Å². The maximum absolute atomic E-state index is 11.4. The van der Waals surface area contributed by atoms with Crippen molar-refractivity contribution in [1.82, 2.24) is 0 Å². The Balaban J connectivity index is -0.00000162. The smallest absolute Gasteiger partial charge is 0.313 e. The van der Waals surface area contributed by atoms with Crippen LogP contribution in [-0.4, -0.2) is 11.9 Å². The maximum atomic E-state index is 11.4. The van der Waals surface area contributed by atoms with Crippen molar-refractivity contribution in [3.05, 3.63) is 0 Å². The van der Waals surface area contributed by atoms with Gasteiger partial charge in [-0.2, -0.15) is 0 Å². The van der Waals surface area contributed by atoms with E-state index in [-0.39, 0.29) is 45.8 Å². The number of ether oxygens (including phenoxy) is 1. The molecule has 0 unspecified atom stereocenters. The molecular formula is C16H30CoMnO3. The van der Waals surface area contributed by atoms with E-state index >= 15 is 0 Å². The molecule has 0 spiro atoms. The standard InChI is InChI=1S/C16H30O3.Co.Mn/c1-3-5-7-9-11-13-15(17)19-16(18)14-12-10-8-6-4-2;;/h3-14H2,1-2H3;;. The van der Waals surface area contributed by atoms with E-state index < -0.39 is 0 Å². The number of esters is 2. The summed E-state index contributed by atoms with van der Waals surface area (Å²) in [4.78, 5) is 22.8. The summed E-state index contributed by atoms with van der Waals surface area (Å²) in [6, 6.07) is 0. The van der Waals surface area contributed by atoms with Gasteiger partial charge in [0.05, 0.1) is 0 Å². The third-order valence-corrected chi connectivity index (χ3v) is 3.20. The van der Waals surface area contributed by atoms with Gasteiger partial charge < -0.3 is 4.74 Å². The minimum atomic E-state index is -0.352. The molecule has 0 amide bonds. The van der Waals surface area contributed by atoms with Gasteiger partial charge in [0.1, 0.15) is 0 Å². The van der Waals surface area contributed by atoms with Crippen LogP contribution in [0.5, 0.6) is 0 Å². The molecule has 0 aliphatic rings. The van der Waals surface area contributed by atoms with Gasteiger partial charge in [0.2, 0.25) is 0 Å². The van der Waals surface area contributed by atoms with Gasteiger partial charge in [0, 0.05) is 46.7 Å². The van der Waals surface area contributed by atoms with Gasteiger partial charge >= 0.3 is 11.9 Å². The summed E-state index contributed by atoms with van der Waals surface area (Å²) >= 11 is 0. The molecule has 0 aliphatic carbocycles. The molecule has 0 aromatic heterocycles. The Hall–Kier alpha value is 0.166. The molecule has 3 nitrogen and oxygen atoms in total. The Morgan fingerprint density at radius 3 is 1.33 bits per heavy atom. The van der Waals surface area contributed by atoms with Crippen molar-refractivity contribution in [1.29, 1.82) is 0 Å². The molecule has 0 heterocycles. The molecule has 5 heteroatoms. The first-order valence-corrected chi connectivity index (χ1v) is 7.94. The number of hydrogen-bond donors (Lipinski definition) is 0. The van der Waals surface area contributed by atoms with Crippen LogP contribution in [0.2, 0.25) is 0 Å². The van der Waals surface area contributed by atoms with Crippen LogP contribution in [-0.2, 0) is 48.2 Å². The van der Waals surface area contributed by atoms with Crippen molar-refractivity contribution in [2.45, 2.75) is 90.9 Å². The number of unbranched alkanes of at least 4 members (excludes halogenated alkanes) is 8. The fourth-order valence-electron chi connectivity index (χ4n) is 1.97. The number of carbonyl (C=O) groups is 2. The molecule has 2 radical (unpaired) electrons. The summed E-state index contributed by atoms with van der Waals surface area (Å²) in [6.07, 6.45) is 11.7. The van der Waals surface area contributed by atoms with E-state index in [9.17, 15) is 9.59 Å². The Labute approximate surface area is 151 Å². The molecule has 0 aromatic carbocycles. The molecule has 0 saturated carbocycles. The van der Waals surface area contributed by atoms with Crippen LogP contribution in [0, 0.1) is 0 Å². The van der Waals surface area contributed by atoms with E-state index in [1.165, 1.54) is 25.7 Å². The zero-order valence-corrected chi connectivity index (χ0v) is 15.6. The third kappa shape index (κ3) is 20.2. The molecular weight excluding hydrogens is 354 g/mol. The Kier molecular flexibility index (Phi) is 25.0. The van der Waals surface area contributed by atoms with Gasteiger partial charge in [-0.3, -0.25) is 9.59 Å². The summed E-state index contributed by atoms with van der Waals surface area (Å²) in [5.74, 6) is -0.704. The van der Waals surface area contributed by atoms with E-state index in [0.29, 0.717) is 12.8 Å². The Bertz CT molecular complexity index is 224. The molecule has 0 aliphatic heterocycles. The largest absolute Gasteiger partial charge is 0.393 e. The molecule has 0 bridgehead atoms. The van der Waals surface area contributed by atoms with Crippen molar-refractivity contribution < 1.29 is 48.2 Å². The number of rotatable bonds is 12. The second kappa shape index (κ2) is 20.2. The third-order valence-electron chi connectivity index (χ3n) is 3.20. The van der Waals surface area contributed by atoms with Gasteiger partial charge in [0.25, 0.3) is 0 Å². The Morgan fingerprint density at radius 2 is 1.00 bits per heavy atom. The molecule has 0 aromatic rings. The van der Waals surface area contributed by atoms with E-state index in [4.69, 9.17) is 4.74 Å². The molecule has 21 heavy (non-hydrogen) atoms. The minimum absolute atomic E-state index is 0. The second-order valence-electron chi connectivity index (χ2n) is 5.17. The van der Waals surface area contributed by atoms with E-state index in [0.717, 1.165) is 38.5 Å². The van der Waals surface area contributed by atoms with E-state index in [1.54, 1.807) is 0 Å². The average molecular weight is 384 g/mol. The van der Waals surface area contributed by atoms with Gasteiger partial charge in [-0.05, 0) is 12.8 Å². The quantitative estimate of drug-likeness (QED) is 0.211. The fraction of sp³-hybridized carbons (Fsp3) is 0.875. The van der Waals surface area contributed by atoms with Crippen LogP contribution >= 0.6 is 0 Å². The summed E-state index contributed by atoms with van der Waals surface area (Å²) in [5, 5.41) is 0. The normalized spacial score (nSPS) is 9.43. The molecule has 0 fully saturated rings. The van der Waals surface area contributed by atoms with Crippen LogP contribution in [0.25, 0.3) is 0 Å². The van der Waals surface area contributed by atoms with Crippen LogP contribution in [0.1, 0.15) is 90.9 Å². The Morgan fingerprint density at radius 1 is 0.667 bits per heavy atom. The first-order chi connectivity index (χ1) is 9.20. The SMILES string of the molecule is CCCCCCCC(=O)OC(=O)CCCCCCC.[Co].[Mn]. The predicted octanol–water partition coefficient (Wildman–Crippen LogP) is 4.77. The summed E-state index contributed by atoms with van der Waals surface area (Å²) in [7, 11) is 0. The topological polar surface area (TPSA) is 43.4 Å². The molecule has 0 atom stereocenters.